The SMILES string of the molecule is COc1ccc(C(C)Nc2cc(C#N)c3cc([N+](=O)[O-])ccc3n2)cc1OC. The highest BCUT2D eigenvalue weighted by Crippen LogP contribution is 2.31. The molecule has 8 nitrogen and oxygen atoms in total. The molecule has 1 atom stereocenters. The zero-order valence-electron chi connectivity index (χ0n) is 15.6. The highest BCUT2D eigenvalue weighted by Gasteiger charge is 2.14. The summed E-state index contributed by atoms with van der Waals surface area (Å²) in [6.45, 7) is 1.95. The molecule has 0 saturated carbocycles. The molecule has 0 fully saturated rings. The number of nitrogens with zero attached hydrogens (tertiary/aromatic N) is 3. The highest BCUT2D eigenvalue weighted by atomic mass is 16.6. The van der Waals surface area contributed by atoms with Gasteiger partial charge in [-0.3, -0.25) is 10.1 Å². The van der Waals surface area contributed by atoms with Crippen LogP contribution in [0.3, 0.4) is 0 Å². The van der Waals surface area contributed by atoms with E-state index in [0.29, 0.717) is 33.8 Å². The molecule has 0 saturated heterocycles. The molecule has 3 rings (SSSR count). The van der Waals surface area contributed by atoms with Crippen molar-refractivity contribution in [3.63, 3.8) is 0 Å². The van der Waals surface area contributed by atoms with Crippen molar-refractivity contribution in [3.8, 4) is 17.6 Å². The monoisotopic (exact) mass is 378 g/mol. The smallest absolute Gasteiger partial charge is 0.270 e. The van der Waals surface area contributed by atoms with Gasteiger partial charge in [0.05, 0.1) is 42.3 Å². The number of hydrogen-bond donors (Lipinski definition) is 1. The summed E-state index contributed by atoms with van der Waals surface area (Å²) in [6.07, 6.45) is 0. The number of nitro groups is 1. The lowest BCUT2D eigenvalue weighted by Gasteiger charge is -2.17. The number of rotatable bonds is 6. The Morgan fingerprint density at radius 1 is 1.14 bits per heavy atom. The largest absolute Gasteiger partial charge is 0.493 e. The number of non-ortho nitro benzene ring substituents is 1. The van der Waals surface area contributed by atoms with Gasteiger partial charge in [0.1, 0.15) is 5.82 Å². The van der Waals surface area contributed by atoms with E-state index in [1.165, 1.54) is 12.1 Å². The van der Waals surface area contributed by atoms with E-state index in [2.05, 4.69) is 16.4 Å². The van der Waals surface area contributed by atoms with Gasteiger partial charge in [-0.05, 0) is 36.8 Å². The van der Waals surface area contributed by atoms with E-state index in [1.807, 2.05) is 25.1 Å². The average molecular weight is 378 g/mol. The number of ether oxygens (including phenoxy) is 2. The van der Waals surface area contributed by atoms with Crippen molar-refractivity contribution in [2.24, 2.45) is 0 Å². The van der Waals surface area contributed by atoms with Crippen LogP contribution in [0.25, 0.3) is 10.9 Å². The molecule has 0 bridgehead atoms. The molecule has 1 unspecified atom stereocenters. The molecule has 142 valence electrons. The third kappa shape index (κ3) is 3.64. The maximum atomic E-state index is 11.0. The molecular weight excluding hydrogens is 360 g/mol. The van der Waals surface area contributed by atoms with E-state index < -0.39 is 4.92 Å². The molecule has 0 amide bonds. The number of aromatic nitrogens is 1. The summed E-state index contributed by atoms with van der Waals surface area (Å²) in [6, 6.07) is 13.4. The summed E-state index contributed by atoms with van der Waals surface area (Å²) in [5.41, 5.74) is 1.69. The molecule has 0 aliphatic heterocycles. The van der Waals surface area contributed by atoms with Crippen molar-refractivity contribution in [1.29, 1.82) is 5.26 Å². The van der Waals surface area contributed by atoms with Crippen LogP contribution in [0.2, 0.25) is 0 Å². The molecule has 1 aromatic heterocycles. The summed E-state index contributed by atoms with van der Waals surface area (Å²) < 4.78 is 10.6. The van der Waals surface area contributed by atoms with E-state index in [9.17, 15) is 15.4 Å². The molecule has 1 N–H and O–H groups in total. The minimum atomic E-state index is -0.494. The summed E-state index contributed by atoms with van der Waals surface area (Å²) in [5.74, 6) is 1.75. The Morgan fingerprint density at radius 3 is 2.54 bits per heavy atom. The van der Waals surface area contributed by atoms with Crippen molar-refractivity contribution >= 4 is 22.4 Å². The first-order valence-electron chi connectivity index (χ1n) is 8.44. The summed E-state index contributed by atoms with van der Waals surface area (Å²) in [5, 5.41) is 24.1. The van der Waals surface area contributed by atoms with E-state index in [4.69, 9.17) is 9.47 Å². The molecule has 8 heteroatoms. The Hall–Kier alpha value is -3.86. The summed E-state index contributed by atoms with van der Waals surface area (Å²) in [4.78, 5) is 15.0. The van der Waals surface area contributed by atoms with Crippen LogP contribution >= 0.6 is 0 Å². The van der Waals surface area contributed by atoms with E-state index in [0.717, 1.165) is 5.56 Å². The molecule has 28 heavy (non-hydrogen) atoms. The number of pyridine rings is 1. The Balaban J connectivity index is 1.95. The fourth-order valence-corrected chi connectivity index (χ4v) is 2.92. The first kappa shape index (κ1) is 18.9. The molecule has 1 heterocycles. The van der Waals surface area contributed by atoms with Gasteiger partial charge < -0.3 is 14.8 Å². The van der Waals surface area contributed by atoms with Crippen LogP contribution in [0.15, 0.2) is 42.5 Å². The van der Waals surface area contributed by atoms with E-state index >= 15 is 0 Å². The van der Waals surface area contributed by atoms with Crippen molar-refractivity contribution in [3.05, 3.63) is 63.7 Å². The van der Waals surface area contributed by atoms with Gasteiger partial charge in [-0.2, -0.15) is 5.26 Å². The second kappa shape index (κ2) is 7.80. The fourth-order valence-electron chi connectivity index (χ4n) is 2.92. The minimum Gasteiger partial charge on any atom is -0.493 e. The fraction of sp³-hybridized carbons (Fsp3) is 0.200. The van der Waals surface area contributed by atoms with Gasteiger partial charge in [-0.1, -0.05) is 6.07 Å². The normalized spacial score (nSPS) is 11.5. The number of hydrogen-bond acceptors (Lipinski definition) is 7. The van der Waals surface area contributed by atoms with Crippen LogP contribution in [0.1, 0.15) is 24.1 Å². The number of anilines is 1. The van der Waals surface area contributed by atoms with E-state index in [1.54, 1.807) is 26.4 Å². The predicted octanol–water partition coefficient (Wildman–Crippen LogP) is 4.20. The van der Waals surface area contributed by atoms with Gasteiger partial charge in [0.15, 0.2) is 11.5 Å². The van der Waals surface area contributed by atoms with Crippen molar-refractivity contribution in [2.45, 2.75) is 13.0 Å². The maximum Gasteiger partial charge on any atom is 0.270 e. The van der Waals surface area contributed by atoms with Gasteiger partial charge in [0.25, 0.3) is 5.69 Å². The topological polar surface area (TPSA) is 110 Å². The zero-order chi connectivity index (χ0) is 20.3. The van der Waals surface area contributed by atoms with Gasteiger partial charge in [-0.25, -0.2) is 4.98 Å². The van der Waals surface area contributed by atoms with Crippen molar-refractivity contribution < 1.29 is 14.4 Å². The molecule has 2 aromatic carbocycles. The molecule has 3 aromatic rings. The first-order valence-corrected chi connectivity index (χ1v) is 8.44. The number of nitrogens with one attached hydrogen (secondary N) is 1. The molecular formula is C20H18N4O4. The van der Waals surface area contributed by atoms with Crippen LogP contribution in [-0.4, -0.2) is 24.1 Å². The number of nitriles is 1. The molecule has 0 radical (unpaired) electrons. The second-order valence-corrected chi connectivity index (χ2v) is 6.11. The minimum absolute atomic E-state index is 0.0785. The Labute approximate surface area is 161 Å². The van der Waals surface area contributed by atoms with Crippen LogP contribution < -0.4 is 14.8 Å². The van der Waals surface area contributed by atoms with Crippen molar-refractivity contribution in [1.82, 2.24) is 4.98 Å². The Bertz CT molecular complexity index is 1090. The predicted molar refractivity (Wildman–Crippen MR) is 105 cm³/mol. The lowest BCUT2D eigenvalue weighted by molar-refractivity contribution is -0.384. The summed E-state index contributed by atoms with van der Waals surface area (Å²) in [7, 11) is 3.15. The van der Waals surface area contributed by atoms with E-state index in [-0.39, 0.29) is 11.7 Å². The number of nitro benzene ring substituents is 1. The molecule has 0 spiro atoms. The third-order valence-electron chi connectivity index (χ3n) is 4.40. The lowest BCUT2D eigenvalue weighted by atomic mass is 10.1. The number of methoxy groups -OCH3 is 2. The van der Waals surface area contributed by atoms with Crippen LogP contribution in [0.4, 0.5) is 11.5 Å². The average Bonchev–Trinajstić information content (AvgIpc) is 2.71. The number of fused-ring (bicyclic) bond motifs is 1. The van der Waals surface area contributed by atoms with Crippen LogP contribution in [0, 0.1) is 21.4 Å². The number of benzene rings is 2. The highest BCUT2D eigenvalue weighted by molar-refractivity contribution is 5.88. The first-order chi connectivity index (χ1) is 13.5. The van der Waals surface area contributed by atoms with Crippen molar-refractivity contribution in [2.75, 3.05) is 19.5 Å². The molecule has 0 aliphatic carbocycles. The van der Waals surface area contributed by atoms with Gasteiger partial charge in [-0.15, -0.1) is 0 Å². The quantitative estimate of drug-likeness (QED) is 0.505. The second-order valence-electron chi connectivity index (χ2n) is 6.11. The van der Waals surface area contributed by atoms with Gasteiger partial charge in [0, 0.05) is 17.5 Å². The van der Waals surface area contributed by atoms with Crippen LogP contribution in [-0.2, 0) is 0 Å². The Morgan fingerprint density at radius 2 is 1.89 bits per heavy atom. The van der Waals surface area contributed by atoms with Gasteiger partial charge in [0.2, 0.25) is 0 Å². The maximum absolute atomic E-state index is 11.0. The zero-order valence-corrected chi connectivity index (χ0v) is 15.6. The van der Waals surface area contributed by atoms with Gasteiger partial charge >= 0.3 is 0 Å². The molecule has 0 aliphatic rings. The lowest BCUT2D eigenvalue weighted by Crippen LogP contribution is -2.09. The standard InChI is InChI=1S/C20H18N4O4/c1-12(13-4-7-18(27-2)19(8-13)28-3)22-20-9-14(11-21)16-10-15(24(25)26)5-6-17(16)23-20/h4-10,12H,1-3H3,(H,22,23). The third-order valence-corrected chi connectivity index (χ3v) is 4.40. The van der Waals surface area contributed by atoms with Crippen LogP contribution in [0.5, 0.6) is 11.5 Å². The summed E-state index contributed by atoms with van der Waals surface area (Å²) >= 11 is 0. The Kier molecular flexibility index (Phi) is 5.27.